The van der Waals surface area contributed by atoms with Crippen molar-refractivity contribution in [3.8, 4) is 0 Å². The van der Waals surface area contributed by atoms with Crippen molar-refractivity contribution in [2.24, 2.45) is 0 Å². The molecule has 0 radical (unpaired) electrons. The summed E-state index contributed by atoms with van der Waals surface area (Å²) in [6, 6.07) is 7.35. The molecule has 1 saturated heterocycles. The summed E-state index contributed by atoms with van der Waals surface area (Å²) in [7, 11) is 0. The number of nitrogens with zero attached hydrogens (tertiary/aromatic N) is 2. The number of hydrogen-bond acceptors (Lipinski definition) is 4. The van der Waals surface area contributed by atoms with E-state index in [9.17, 15) is 14.7 Å². The second kappa shape index (κ2) is 9.22. The van der Waals surface area contributed by atoms with Crippen LogP contribution in [0.3, 0.4) is 0 Å². The summed E-state index contributed by atoms with van der Waals surface area (Å²) < 4.78 is 5.52. The first-order valence-electron chi connectivity index (χ1n) is 9.74. The highest BCUT2D eigenvalue weighted by atomic mass is 16.6. The molecule has 6 nitrogen and oxygen atoms in total. The van der Waals surface area contributed by atoms with Crippen molar-refractivity contribution in [3.63, 3.8) is 0 Å². The first-order chi connectivity index (χ1) is 12.7. The lowest BCUT2D eigenvalue weighted by Crippen LogP contribution is -2.55. The molecule has 0 spiro atoms. The van der Waals surface area contributed by atoms with Gasteiger partial charge in [0.1, 0.15) is 5.60 Å². The molecule has 150 valence electrons. The molecule has 27 heavy (non-hydrogen) atoms. The van der Waals surface area contributed by atoms with E-state index in [2.05, 4.69) is 11.8 Å². The van der Waals surface area contributed by atoms with E-state index in [1.807, 2.05) is 32.9 Å². The predicted molar refractivity (Wildman–Crippen MR) is 105 cm³/mol. The molecule has 0 unspecified atom stereocenters. The lowest BCUT2D eigenvalue weighted by Gasteiger charge is -2.42. The number of benzene rings is 1. The smallest absolute Gasteiger partial charge is 0.410 e. The van der Waals surface area contributed by atoms with E-state index in [1.165, 1.54) is 0 Å². The van der Waals surface area contributed by atoms with Crippen LogP contribution in [0.1, 0.15) is 62.9 Å². The lowest BCUT2D eigenvalue weighted by molar-refractivity contribution is 0.00101. The highest BCUT2D eigenvalue weighted by molar-refractivity contribution is 5.89. The fourth-order valence-corrected chi connectivity index (χ4v) is 3.39. The number of carbonyl (C=O) groups excluding carboxylic acids is 1. The first-order valence-corrected chi connectivity index (χ1v) is 9.74. The van der Waals surface area contributed by atoms with Gasteiger partial charge >= 0.3 is 12.1 Å². The van der Waals surface area contributed by atoms with Crippen molar-refractivity contribution < 1.29 is 19.4 Å². The number of rotatable bonds is 6. The molecule has 2 rings (SSSR count). The third-order valence-corrected chi connectivity index (χ3v) is 4.77. The molecular weight excluding hydrogens is 344 g/mol. The number of piperazine rings is 1. The molecule has 0 bridgehead atoms. The average Bonchev–Trinajstić information content (AvgIpc) is 2.59. The summed E-state index contributed by atoms with van der Waals surface area (Å²) in [5, 5.41) is 9.44. The number of ether oxygens (including phenoxy) is 1. The number of carboxylic acid groups (broad SMARTS) is 1. The zero-order valence-electron chi connectivity index (χ0n) is 16.9. The van der Waals surface area contributed by atoms with E-state index in [-0.39, 0.29) is 12.1 Å². The van der Waals surface area contributed by atoms with Crippen molar-refractivity contribution in [2.75, 3.05) is 19.6 Å². The maximum Gasteiger partial charge on any atom is 0.410 e. The Morgan fingerprint density at radius 3 is 2.56 bits per heavy atom. The number of unbranched alkanes of at least 4 members (excludes halogenated alkanes) is 1. The molecule has 1 atom stereocenters. The molecule has 1 aromatic rings. The van der Waals surface area contributed by atoms with E-state index < -0.39 is 11.6 Å². The van der Waals surface area contributed by atoms with Crippen LogP contribution in [0.25, 0.3) is 0 Å². The molecular formula is C21H32N2O4. The second-order valence-electron chi connectivity index (χ2n) is 8.16. The minimum atomic E-state index is -0.900. The van der Waals surface area contributed by atoms with Crippen LogP contribution in [0.4, 0.5) is 4.79 Å². The molecule has 1 heterocycles. The summed E-state index contributed by atoms with van der Waals surface area (Å²) in [5.41, 5.74) is 0.659. The molecule has 6 heteroatoms. The van der Waals surface area contributed by atoms with Gasteiger partial charge in [-0.25, -0.2) is 9.59 Å². The maximum absolute atomic E-state index is 12.4. The predicted octanol–water partition coefficient (Wildman–Crippen LogP) is 4.00. The lowest BCUT2D eigenvalue weighted by atomic mass is 10.0. The van der Waals surface area contributed by atoms with Crippen molar-refractivity contribution in [1.82, 2.24) is 9.80 Å². The van der Waals surface area contributed by atoms with Gasteiger partial charge in [-0.1, -0.05) is 38.0 Å². The van der Waals surface area contributed by atoms with Crippen molar-refractivity contribution in [2.45, 2.75) is 65.1 Å². The van der Waals surface area contributed by atoms with Crippen molar-refractivity contribution in [3.05, 3.63) is 35.4 Å². The Labute approximate surface area is 162 Å². The summed E-state index contributed by atoms with van der Waals surface area (Å²) in [6.07, 6.45) is 2.87. The van der Waals surface area contributed by atoms with Gasteiger partial charge in [-0.2, -0.15) is 0 Å². The molecule has 1 N–H and O–H groups in total. The van der Waals surface area contributed by atoms with E-state index in [4.69, 9.17) is 4.74 Å². The Bertz CT molecular complexity index is 654. The van der Waals surface area contributed by atoms with Crippen LogP contribution in [0.2, 0.25) is 0 Å². The van der Waals surface area contributed by atoms with Gasteiger partial charge in [0.15, 0.2) is 0 Å². The van der Waals surface area contributed by atoms with Gasteiger partial charge in [-0.3, -0.25) is 4.90 Å². The highest BCUT2D eigenvalue weighted by Gasteiger charge is 2.32. The molecule has 1 aliphatic heterocycles. The molecule has 0 aromatic heterocycles. The molecule has 0 aliphatic carbocycles. The zero-order valence-corrected chi connectivity index (χ0v) is 16.9. The third kappa shape index (κ3) is 6.24. The summed E-state index contributed by atoms with van der Waals surface area (Å²) in [6.45, 7) is 10.3. The topological polar surface area (TPSA) is 70.1 Å². The third-order valence-electron chi connectivity index (χ3n) is 4.77. The molecule has 1 aromatic carbocycles. The summed E-state index contributed by atoms with van der Waals surface area (Å²) in [4.78, 5) is 28.0. The fraction of sp³-hybridized carbons (Fsp3) is 0.619. The van der Waals surface area contributed by atoms with Crippen molar-refractivity contribution >= 4 is 12.1 Å². The Morgan fingerprint density at radius 1 is 1.22 bits per heavy atom. The van der Waals surface area contributed by atoms with Gasteiger partial charge in [-0.05, 0) is 38.8 Å². The van der Waals surface area contributed by atoms with Gasteiger partial charge in [-0.15, -0.1) is 0 Å². The fourth-order valence-electron chi connectivity index (χ4n) is 3.39. The van der Waals surface area contributed by atoms with E-state index in [1.54, 1.807) is 17.0 Å². The normalized spacial score (nSPS) is 18.4. The van der Waals surface area contributed by atoms with Gasteiger partial charge in [0.05, 0.1) is 5.56 Å². The van der Waals surface area contributed by atoms with E-state index in [0.717, 1.165) is 24.8 Å². The quantitative estimate of drug-likeness (QED) is 0.813. The van der Waals surface area contributed by atoms with Crippen molar-refractivity contribution in [1.29, 1.82) is 0 Å². The monoisotopic (exact) mass is 376 g/mol. The number of carbonyl (C=O) groups is 2. The Hall–Kier alpha value is -2.08. The minimum absolute atomic E-state index is 0.202. The Balaban J connectivity index is 2.11. The van der Waals surface area contributed by atoms with E-state index in [0.29, 0.717) is 31.7 Å². The average molecular weight is 376 g/mol. The van der Waals surface area contributed by atoms with Gasteiger partial charge in [0.25, 0.3) is 0 Å². The molecule has 1 fully saturated rings. The number of hydrogen-bond donors (Lipinski definition) is 1. The van der Waals surface area contributed by atoms with E-state index >= 15 is 0 Å². The summed E-state index contributed by atoms with van der Waals surface area (Å²) in [5.74, 6) is -0.900. The number of amides is 1. The van der Waals surface area contributed by atoms with Gasteiger partial charge < -0.3 is 14.7 Å². The van der Waals surface area contributed by atoms with Crippen LogP contribution in [-0.2, 0) is 11.3 Å². The number of aromatic carboxylic acids is 1. The van der Waals surface area contributed by atoms with Crippen LogP contribution < -0.4 is 0 Å². The zero-order chi connectivity index (χ0) is 20.0. The Morgan fingerprint density at radius 2 is 1.93 bits per heavy atom. The standard InChI is InChI=1S/C21H32N2O4/c1-5-6-10-17-15-23(20(26)27-21(2,3)4)13-12-22(17)14-16-9-7-8-11-18(16)19(24)25/h7-9,11,17H,5-6,10,12-15H2,1-4H3,(H,24,25)/t17-/m1/s1. The Kier molecular flexibility index (Phi) is 7.25. The minimum Gasteiger partial charge on any atom is -0.478 e. The van der Waals surface area contributed by atoms with Crippen LogP contribution in [0.5, 0.6) is 0 Å². The largest absolute Gasteiger partial charge is 0.478 e. The van der Waals surface area contributed by atoms with Gasteiger partial charge in [0.2, 0.25) is 0 Å². The first kappa shape index (κ1) is 21.2. The van der Waals surface area contributed by atoms with Crippen LogP contribution in [0, 0.1) is 0 Å². The van der Waals surface area contributed by atoms with Crippen LogP contribution in [-0.4, -0.2) is 58.2 Å². The summed E-state index contributed by atoms with van der Waals surface area (Å²) >= 11 is 0. The molecule has 0 saturated carbocycles. The maximum atomic E-state index is 12.4. The molecule has 1 aliphatic rings. The highest BCUT2D eigenvalue weighted by Crippen LogP contribution is 2.22. The SMILES string of the molecule is CCCC[C@@H]1CN(C(=O)OC(C)(C)C)CCN1Cc1ccccc1C(=O)O. The second-order valence-corrected chi connectivity index (χ2v) is 8.16. The van der Waals surface area contributed by atoms with Gasteiger partial charge in [0, 0.05) is 32.2 Å². The van der Waals surface area contributed by atoms with Crippen LogP contribution in [0.15, 0.2) is 24.3 Å². The molecule has 1 amide bonds. The number of carboxylic acids is 1. The van der Waals surface area contributed by atoms with Crippen LogP contribution >= 0.6 is 0 Å².